The molecule has 0 radical (unpaired) electrons. The summed E-state index contributed by atoms with van der Waals surface area (Å²) in [5.41, 5.74) is 3.84. The van der Waals surface area contributed by atoms with Crippen LogP contribution in [0.1, 0.15) is 11.3 Å². The van der Waals surface area contributed by atoms with E-state index >= 15 is 0 Å². The second kappa shape index (κ2) is 8.91. The van der Waals surface area contributed by atoms with Crippen LogP contribution in [0.2, 0.25) is 0 Å². The number of ether oxygens (including phenoxy) is 2. The SMILES string of the molecule is CN1Cc2c(nc(-c3ccc(NC(=O)Nc4ccon4)cc3)nc2N2CCOCC2)CC12COC2. The zero-order valence-electron chi connectivity index (χ0n) is 19.5. The third-order valence-corrected chi connectivity index (χ3v) is 6.90. The molecule has 35 heavy (non-hydrogen) atoms. The Morgan fingerprint density at radius 1 is 1.03 bits per heavy atom. The second-order valence-electron chi connectivity index (χ2n) is 9.19. The maximum absolute atomic E-state index is 12.2. The molecule has 2 fully saturated rings. The topological polar surface area (TPSA) is 118 Å². The Kier molecular flexibility index (Phi) is 5.59. The first kappa shape index (κ1) is 22.0. The van der Waals surface area contributed by atoms with Gasteiger partial charge in [0.05, 0.1) is 37.7 Å². The van der Waals surface area contributed by atoms with Gasteiger partial charge in [-0.15, -0.1) is 0 Å². The molecule has 1 aromatic carbocycles. The number of urea groups is 1. The van der Waals surface area contributed by atoms with Crippen LogP contribution in [0.25, 0.3) is 11.4 Å². The number of benzene rings is 1. The van der Waals surface area contributed by atoms with E-state index in [0.717, 1.165) is 56.3 Å². The molecule has 6 rings (SSSR count). The van der Waals surface area contributed by atoms with E-state index in [1.807, 2.05) is 24.3 Å². The molecule has 0 saturated carbocycles. The molecule has 2 N–H and O–H groups in total. The summed E-state index contributed by atoms with van der Waals surface area (Å²) in [6.45, 7) is 5.26. The molecule has 2 aromatic heterocycles. The van der Waals surface area contributed by atoms with Gasteiger partial charge in [-0.2, -0.15) is 0 Å². The van der Waals surface area contributed by atoms with Crippen molar-refractivity contribution in [2.75, 3.05) is 62.1 Å². The van der Waals surface area contributed by atoms with Crippen LogP contribution in [0.3, 0.4) is 0 Å². The molecule has 0 bridgehead atoms. The number of likely N-dealkylation sites (N-methyl/N-ethyl adjacent to an activating group) is 1. The molecule has 3 aromatic rings. The number of aromatic nitrogens is 3. The largest absolute Gasteiger partial charge is 0.378 e. The summed E-state index contributed by atoms with van der Waals surface area (Å²) in [4.78, 5) is 26.9. The Hall–Kier alpha value is -3.54. The molecular formula is C24H27N7O4. The van der Waals surface area contributed by atoms with E-state index in [2.05, 4.69) is 32.6 Å². The normalized spacial score (nSPS) is 19.2. The molecule has 0 atom stereocenters. The van der Waals surface area contributed by atoms with E-state index in [0.29, 0.717) is 30.5 Å². The monoisotopic (exact) mass is 477 g/mol. The average Bonchev–Trinajstić information content (AvgIpc) is 3.36. The van der Waals surface area contributed by atoms with Crippen LogP contribution in [0, 0.1) is 0 Å². The number of hydrogen-bond acceptors (Lipinski definition) is 9. The van der Waals surface area contributed by atoms with Crippen molar-refractivity contribution in [3.8, 4) is 11.4 Å². The summed E-state index contributed by atoms with van der Waals surface area (Å²) < 4.78 is 15.9. The predicted octanol–water partition coefficient (Wildman–Crippen LogP) is 2.37. The number of rotatable bonds is 4. The number of hydrogen-bond donors (Lipinski definition) is 2. The summed E-state index contributed by atoms with van der Waals surface area (Å²) in [7, 11) is 2.16. The number of morpholine rings is 1. The Morgan fingerprint density at radius 2 is 1.83 bits per heavy atom. The van der Waals surface area contributed by atoms with Gasteiger partial charge in [-0.05, 0) is 31.3 Å². The number of fused-ring (bicyclic) bond motifs is 1. The van der Waals surface area contributed by atoms with Gasteiger partial charge >= 0.3 is 6.03 Å². The summed E-state index contributed by atoms with van der Waals surface area (Å²) in [5, 5.41) is 9.07. The van der Waals surface area contributed by atoms with Gasteiger partial charge in [0.2, 0.25) is 0 Å². The molecular weight excluding hydrogens is 450 g/mol. The van der Waals surface area contributed by atoms with Gasteiger partial charge < -0.3 is 24.2 Å². The second-order valence-corrected chi connectivity index (χ2v) is 9.19. The number of nitrogens with zero attached hydrogens (tertiary/aromatic N) is 5. The number of carbonyl (C=O) groups is 1. The lowest BCUT2D eigenvalue weighted by atomic mass is 9.84. The number of nitrogens with one attached hydrogen (secondary N) is 2. The van der Waals surface area contributed by atoms with Gasteiger partial charge in [0.25, 0.3) is 0 Å². The van der Waals surface area contributed by atoms with Crippen molar-refractivity contribution in [3.63, 3.8) is 0 Å². The quantitative estimate of drug-likeness (QED) is 0.584. The van der Waals surface area contributed by atoms with Crippen LogP contribution in [-0.2, 0) is 22.4 Å². The fourth-order valence-electron chi connectivity index (χ4n) is 4.76. The van der Waals surface area contributed by atoms with Crippen LogP contribution in [0.5, 0.6) is 0 Å². The fraction of sp³-hybridized carbons (Fsp3) is 0.417. The third kappa shape index (κ3) is 4.22. The lowest BCUT2D eigenvalue weighted by molar-refractivity contribution is -0.140. The number of amides is 2. The average molecular weight is 478 g/mol. The van der Waals surface area contributed by atoms with Crippen LogP contribution >= 0.6 is 0 Å². The van der Waals surface area contributed by atoms with Crippen molar-refractivity contribution >= 4 is 23.4 Å². The zero-order valence-corrected chi connectivity index (χ0v) is 19.5. The molecule has 182 valence electrons. The minimum atomic E-state index is -0.400. The maximum atomic E-state index is 12.2. The molecule has 3 aliphatic rings. The van der Waals surface area contributed by atoms with E-state index in [-0.39, 0.29) is 5.54 Å². The van der Waals surface area contributed by atoms with E-state index in [9.17, 15) is 4.79 Å². The first-order valence-corrected chi connectivity index (χ1v) is 11.7. The smallest absolute Gasteiger partial charge is 0.324 e. The Balaban J connectivity index is 1.28. The predicted molar refractivity (Wildman–Crippen MR) is 128 cm³/mol. The summed E-state index contributed by atoms with van der Waals surface area (Å²) in [6.07, 6.45) is 2.24. The Labute approximate surface area is 202 Å². The van der Waals surface area contributed by atoms with Gasteiger partial charge in [-0.1, -0.05) is 5.16 Å². The lowest BCUT2D eigenvalue weighted by Gasteiger charge is -2.51. The first-order chi connectivity index (χ1) is 17.1. The maximum Gasteiger partial charge on any atom is 0.324 e. The first-order valence-electron chi connectivity index (χ1n) is 11.7. The molecule has 1 spiro atoms. The van der Waals surface area contributed by atoms with E-state index in [1.165, 1.54) is 11.8 Å². The zero-order chi connectivity index (χ0) is 23.8. The van der Waals surface area contributed by atoms with Crippen LogP contribution in [0.4, 0.5) is 22.1 Å². The number of anilines is 3. The highest BCUT2D eigenvalue weighted by molar-refractivity contribution is 5.99. The van der Waals surface area contributed by atoms with Gasteiger partial charge in [-0.3, -0.25) is 10.2 Å². The summed E-state index contributed by atoms with van der Waals surface area (Å²) in [6, 6.07) is 8.69. The van der Waals surface area contributed by atoms with Crippen LogP contribution < -0.4 is 15.5 Å². The molecule has 0 unspecified atom stereocenters. The highest BCUT2D eigenvalue weighted by atomic mass is 16.5. The molecule has 11 nitrogen and oxygen atoms in total. The lowest BCUT2D eigenvalue weighted by Crippen LogP contribution is -2.64. The molecule has 5 heterocycles. The minimum absolute atomic E-state index is 0.0197. The van der Waals surface area contributed by atoms with Gasteiger partial charge in [0.15, 0.2) is 11.6 Å². The van der Waals surface area contributed by atoms with Crippen LogP contribution in [0.15, 0.2) is 41.1 Å². The standard InChI is InChI=1S/C24H27N7O4/c1-30-13-18-19(12-24(30)14-34-15-24)26-21(28-22(18)31-7-10-33-11-8-31)16-2-4-17(5-3-16)25-23(32)27-20-6-9-35-29-20/h2-6,9H,7-8,10-15H2,1H3,(H2,25,27,29,32). The highest BCUT2D eigenvalue weighted by Crippen LogP contribution is 2.38. The van der Waals surface area contributed by atoms with Crippen LogP contribution in [-0.4, -0.2) is 78.2 Å². The van der Waals surface area contributed by atoms with Crippen molar-refractivity contribution in [1.82, 2.24) is 20.0 Å². The van der Waals surface area contributed by atoms with Gasteiger partial charge in [0.1, 0.15) is 12.1 Å². The Morgan fingerprint density at radius 3 is 2.51 bits per heavy atom. The van der Waals surface area contributed by atoms with E-state index in [1.54, 1.807) is 6.07 Å². The molecule has 3 aliphatic heterocycles. The van der Waals surface area contributed by atoms with Gasteiger partial charge in [0, 0.05) is 48.9 Å². The third-order valence-electron chi connectivity index (χ3n) is 6.90. The highest BCUT2D eigenvalue weighted by Gasteiger charge is 2.47. The summed E-state index contributed by atoms with van der Waals surface area (Å²) in [5.74, 6) is 2.02. The molecule has 2 saturated heterocycles. The molecule has 2 amide bonds. The van der Waals surface area contributed by atoms with Gasteiger partial charge in [-0.25, -0.2) is 14.8 Å². The minimum Gasteiger partial charge on any atom is -0.378 e. The van der Waals surface area contributed by atoms with Crippen molar-refractivity contribution in [2.45, 2.75) is 18.5 Å². The van der Waals surface area contributed by atoms with Crippen molar-refractivity contribution in [2.24, 2.45) is 0 Å². The van der Waals surface area contributed by atoms with E-state index < -0.39 is 6.03 Å². The van der Waals surface area contributed by atoms with Crippen molar-refractivity contribution in [1.29, 1.82) is 0 Å². The fourth-order valence-corrected chi connectivity index (χ4v) is 4.76. The van der Waals surface area contributed by atoms with Crippen molar-refractivity contribution in [3.05, 3.63) is 47.9 Å². The number of carbonyl (C=O) groups excluding carboxylic acids is 1. The summed E-state index contributed by atoms with van der Waals surface area (Å²) >= 11 is 0. The van der Waals surface area contributed by atoms with E-state index in [4.69, 9.17) is 24.0 Å². The van der Waals surface area contributed by atoms with Crippen molar-refractivity contribution < 1.29 is 18.8 Å². The molecule has 11 heteroatoms. The molecule has 0 aliphatic carbocycles. The Bertz CT molecular complexity index is 1210.